The van der Waals surface area contributed by atoms with Crippen molar-refractivity contribution in [2.24, 2.45) is 0 Å². The molecule has 0 aromatic carbocycles. The van der Waals surface area contributed by atoms with Crippen LogP contribution in [0.3, 0.4) is 0 Å². The lowest BCUT2D eigenvalue weighted by atomic mass is 10.2. The van der Waals surface area contributed by atoms with E-state index in [0.29, 0.717) is 6.61 Å². The Bertz CT molecular complexity index is 597. The maximum atomic E-state index is 11.7. The van der Waals surface area contributed by atoms with Crippen molar-refractivity contribution in [3.8, 4) is 0 Å². The average Bonchev–Trinajstić information content (AvgIpc) is 2.56. The van der Waals surface area contributed by atoms with E-state index in [-0.39, 0.29) is 12.4 Å². The number of ether oxygens (including phenoxy) is 1. The number of H-pyrrole nitrogens is 1. The zero-order valence-corrected chi connectivity index (χ0v) is 14.1. The quantitative estimate of drug-likeness (QED) is 0.599. The lowest BCUT2D eigenvalue weighted by molar-refractivity contribution is 0.0835. The molecule has 22 heavy (non-hydrogen) atoms. The van der Waals surface area contributed by atoms with Gasteiger partial charge in [-0.15, -0.1) is 0 Å². The predicted molar refractivity (Wildman–Crippen MR) is 91.4 cm³/mol. The molecule has 0 aliphatic heterocycles. The summed E-state index contributed by atoms with van der Waals surface area (Å²) in [5.74, 6) is 0. The third kappa shape index (κ3) is 6.13. The molecule has 0 saturated carbocycles. The standard InChI is InChI=1S/C14H21N3O3.C2H6/c1-4-6-7-11(5-2)9-20-10-17-14(19)13(18)12(15-3)8-16-17;1-2/h5-8,15-16H,4,9-10H2,1-3H3;1-2H3/b7-6-,11-5+;. The summed E-state index contributed by atoms with van der Waals surface area (Å²) in [7, 11) is 1.59. The number of anilines is 1. The summed E-state index contributed by atoms with van der Waals surface area (Å²) >= 11 is 0. The Balaban J connectivity index is 0.00000211. The van der Waals surface area contributed by atoms with E-state index in [1.54, 1.807) is 7.05 Å². The summed E-state index contributed by atoms with van der Waals surface area (Å²) in [6, 6.07) is 0. The van der Waals surface area contributed by atoms with Crippen molar-refractivity contribution in [1.82, 2.24) is 9.78 Å². The van der Waals surface area contributed by atoms with Crippen molar-refractivity contribution in [2.45, 2.75) is 40.8 Å². The fraction of sp³-hybridized carbons (Fsp3) is 0.500. The number of nitrogens with one attached hydrogen (secondary N) is 2. The van der Waals surface area contributed by atoms with Crippen molar-refractivity contribution in [1.29, 1.82) is 0 Å². The van der Waals surface area contributed by atoms with Crippen LogP contribution >= 0.6 is 0 Å². The molecule has 0 bridgehead atoms. The van der Waals surface area contributed by atoms with Gasteiger partial charge in [0.1, 0.15) is 12.4 Å². The molecule has 0 fully saturated rings. The van der Waals surface area contributed by atoms with Gasteiger partial charge in [0.2, 0.25) is 0 Å². The number of hydrogen-bond acceptors (Lipinski definition) is 4. The van der Waals surface area contributed by atoms with Crippen molar-refractivity contribution >= 4 is 5.69 Å². The second-order valence-electron chi connectivity index (χ2n) is 4.15. The van der Waals surface area contributed by atoms with Gasteiger partial charge >= 0.3 is 5.56 Å². The molecular formula is C16H27N3O3. The normalized spacial score (nSPS) is 11.2. The van der Waals surface area contributed by atoms with E-state index in [1.807, 2.05) is 39.0 Å². The van der Waals surface area contributed by atoms with E-state index in [2.05, 4.69) is 17.3 Å². The van der Waals surface area contributed by atoms with Gasteiger partial charge in [-0.25, -0.2) is 4.68 Å². The number of aromatic amines is 1. The first kappa shape index (κ1) is 19.9. The third-order valence-electron chi connectivity index (χ3n) is 2.75. The maximum absolute atomic E-state index is 11.7. The van der Waals surface area contributed by atoms with Crippen LogP contribution in [0.5, 0.6) is 0 Å². The second-order valence-corrected chi connectivity index (χ2v) is 4.15. The number of aromatic nitrogens is 2. The van der Waals surface area contributed by atoms with Crippen molar-refractivity contribution < 1.29 is 4.74 Å². The largest absolute Gasteiger partial charge is 0.384 e. The predicted octanol–water partition coefficient (Wildman–Crippen LogP) is 2.49. The van der Waals surface area contributed by atoms with Gasteiger partial charge < -0.3 is 10.1 Å². The highest BCUT2D eigenvalue weighted by molar-refractivity contribution is 5.37. The summed E-state index contributed by atoms with van der Waals surface area (Å²) < 4.78 is 6.57. The molecule has 6 nitrogen and oxygen atoms in total. The Hall–Kier alpha value is -2.08. The molecule has 2 N–H and O–H groups in total. The summed E-state index contributed by atoms with van der Waals surface area (Å²) in [6.45, 7) is 8.37. The van der Waals surface area contributed by atoms with E-state index in [1.165, 1.54) is 6.20 Å². The zero-order valence-electron chi connectivity index (χ0n) is 14.1. The van der Waals surface area contributed by atoms with Crippen LogP contribution in [0.4, 0.5) is 5.69 Å². The molecular weight excluding hydrogens is 282 g/mol. The average molecular weight is 309 g/mol. The molecule has 1 heterocycles. The van der Waals surface area contributed by atoms with Crippen LogP contribution < -0.4 is 16.3 Å². The van der Waals surface area contributed by atoms with E-state index in [4.69, 9.17) is 4.74 Å². The number of rotatable bonds is 7. The van der Waals surface area contributed by atoms with Gasteiger partial charge in [-0.1, -0.05) is 39.0 Å². The minimum Gasteiger partial charge on any atom is -0.384 e. The molecule has 0 radical (unpaired) electrons. The van der Waals surface area contributed by atoms with Gasteiger partial charge in [0.15, 0.2) is 0 Å². The summed E-state index contributed by atoms with van der Waals surface area (Å²) in [6.07, 6.45) is 8.36. The highest BCUT2D eigenvalue weighted by Crippen LogP contribution is 1.99. The van der Waals surface area contributed by atoms with Gasteiger partial charge in [0, 0.05) is 13.2 Å². The highest BCUT2D eigenvalue weighted by atomic mass is 16.5. The molecule has 0 spiro atoms. The SMILES string of the molecule is C/C=C(\C=C/CC)COCn1[nH]cc(NC)c(=O)c1=O.CC. The number of allylic oxidation sites excluding steroid dienone is 2. The van der Waals surface area contributed by atoms with E-state index in [9.17, 15) is 9.59 Å². The topological polar surface area (TPSA) is 76.1 Å². The minimum absolute atomic E-state index is 0.00930. The van der Waals surface area contributed by atoms with Gasteiger partial charge in [-0.2, -0.15) is 0 Å². The molecule has 124 valence electrons. The Kier molecular flexibility index (Phi) is 10.5. The fourth-order valence-corrected chi connectivity index (χ4v) is 1.54. The lowest BCUT2D eigenvalue weighted by Crippen LogP contribution is -2.37. The van der Waals surface area contributed by atoms with Crippen LogP contribution in [-0.4, -0.2) is 23.4 Å². The van der Waals surface area contributed by atoms with Crippen LogP contribution in [0.15, 0.2) is 39.6 Å². The molecule has 6 heteroatoms. The first-order valence-corrected chi connectivity index (χ1v) is 7.53. The molecule has 0 aliphatic rings. The summed E-state index contributed by atoms with van der Waals surface area (Å²) in [5.41, 5.74) is 0.0512. The monoisotopic (exact) mass is 309 g/mol. The van der Waals surface area contributed by atoms with Gasteiger partial charge in [0.25, 0.3) is 5.43 Å². The highest BCUT2D eigenvalue weighted by Gasteiger charge is 2.05. The maximum Gasteiger partial charge on any atom is 0.317 e. The first-order chi connectivity index (χ1) is 10.6. The minimum atomic E-state index is -0.636. The van der Waals surface area contributed by atoms with E-state index >= 15 is 0 Å². The third-order valence-corrected chi connectivity index (χ3v) is 2.75. The van der Waals surface area contributed by atoms with Gasteiger partial charge in [0.05, 0.1) is 6.61 Å². The fourth-order valence-electron chi connectivity index (χ4n) is 1.54. The van der Waals surface area contributed by atoms with Crippen molar-refractivity contribution in [3.63, 3.8) is 0 Å². The molecule has 1 aromatic heterocycles. The summed E-state index contributed by atoms with van der Waals surface area (Å²) in [4.78, 5) is 23.4. The number of hydrogen-bond donors (Lipinski definition) is 2. The zero-order chi connectivity index (χ0) is 17.0. The Morgan fingerprint density at radius 1 is 1.41 bits per heavy atom. The van der Waals surface area contributed by atoms with Gasteiger partial charge in [-0.3, -0.25) is 14.7 Å². The molecule has 0 saturated heterocycles. The number of nitrogens with zero attached hydrogens (tertiary/aromatic N) is 1. The lowest BCUT2D eigenvalue weighted by Gasteiger charge is -2.08. The van der Waals surface area contributed by atoms with Crippen LogP contribution in [0.25, 0.3) is 0 Å². The Morgan fingerprint density at radius 3 is 2.64 bits per heavy atom. The van der Waals surface area contributed by atoms with Crippen LogP contribution in [-0.2, 0) is 11.5 Å². The van der Waals surface area contributed by atoms with Crippen LogP contribution in [0.1, 0.15) is 34.1 Å². The molecule has 0 unspecified atom stereocenters. The van der Waals surface area contributed by atoms with Crippen LogP contribution in [0.2, 0.25) is 0 Å². The van der Waals surface area contributed by atoms with Gasteiger partial charge in [-0.05, 0) is 18.9 Å². The molecule has 0 amide bonds. The first-order valence-electron chi connectivity index (χ1n) is 7.53. The second kappa shape index (κ2) is 11.6. The van der Waals surface area contributed by atoms with E-state index in [0.717, 1.165) is 16.7 Å². The molecule has 1 aromatic rings. The Morgan fingerprint density at radius 2 is 2.09 bits per heavy atom. The molecule has 1 rings (SSSR count). The molecule has 0 aliphatic carbocycles. The smallest absolute Gasteiger partial charge is 0.317 e. The summed E-state index contributed by atoms with van der Waals surface area (Å²) in [5, 5.41) is 5.36. The van der Waals surface area contributed by atoms with E-state index < -0.39 is 11.0 Å². The van der Waals surface area contributed by atoms with Crippen molar-refractivity contribution in [2.75, 3.05) is 19.0 Å². The Labute approximate surface area is 131 Å². The van der Waals surface area contributed by atoms with Crippen molar-refractivity contribution in [3.05, 3.63) is 50.6 Å². The van der Waals surface area contributed by atoms with Crippen LogP contribution in [0, 0.1) is 0 Å². The molecule has 0 atom stereocenters.